The Kier molecular flexibility index (Phi) is 8.91. The topological polar surface area (TPSA) is 46.3 Å². The molecular formula is C11H24N2OS. The summed E-state index contributed by atoms with van der Waals surface area (Å²) >= 11 is 1.63. The molecule has 0 aliphatic rings. The van der Waals surface area contributed by atoms with E-state index >= 15 is 0 Å². The van der Waals surface area contributed by atoms with Gasteiger partial charge in [0.25, 0.3) is 0 Å². The van der Waals surface area contributed by atoms with Crippen LogP contribution in [0, 0.1) is 0 Å². The van der Waals surface area contributed by atoms with E-state index in [1.54, 1.807) is 11.8 Å². The SMILES string of the molecule is CCCN(CCC)C(=O)CSCC(C)N. The van der Waals surface area contributed by atoms with Crippen LogP contribution in [0.3, 0.4) is 0 Å². The third-order valence-corrected chi connectivity index (χ3v) is 3.16. The van der Waals surface area contributed by atoms with Gasteiger partial charge in [0.1, 0.15) is 0 Å². The molecule has 4 heteroatoms. The smallest absolute Gasteiger partial charge is 0.232 e. The van der Waals surface area contributed by atoms with E-state index < -0.39 is 0 Å². The highest BCUT2D eigenvalue weighted by Gasteiger charge is 2.11. The van der Waals surface area contributed by atoms with Crippen LogP contribution in [0.1, 0.15) is 33.6 Å². The third-order valence-electron chi connectivity index (χ3n) is 1.95. The first-order chi connectivity index (χ1) is 7.11. The molecule has 0 saturated carbocycles. The average molecular weight is 232 g/mol. The van der Waals surface area contributed by atoms with Gasteiger partial charge in [0.2, 0.25) is 5.91 Å². The van der Waals surface area contributed by atoms with Crippen molar-refractivity contribution in [2.24, 2.45) is 5.73 Å². The fourth-order valence-corrected chi connectivity index (χ4v) is 2.17. The van der Waals surface area contributed by atoms with Crippen molar-refractivity contribution in [2.45, 2.75) is 39.7 Å². The molecule has 0 aromatic heterocycles. The minimum Gasteiger partial charge on any atom is -0.342 e. The number of rotatable bonds is 8. The van der Waals surface area contributed by atoms with Crippen LogP contribution in [0.5, 0.6) is 0 Å². The van der Waals surface area contributed by atoms with Crippen molar-refractivity contribution in [3.63, 3.8) is 0 Å². The maximum Gasteiger partial charge on any atom is 0.232 e. The highest BCUT2D eigenvalue weighted by molar-refractivity contribution is 7.99. The monoisotopic (exact) mass is 232 g/mol. The van der Waals surface area contributed by atoms with Crippen molar-refractivity contribution in [2.75, 3.05) is 24.6 Å². The Morgan fingerprint density at radius 3 is 2.27 bits per heavy atom. The van der Waals surface area contributed by atoms with Gasteiger partial charge >= 0.3 is 0 Å². The van der Waals surface area contributed by atoms with Gasteiger partial charge in [0, 0.05) is 24.9 Å². The van der Waals surface area contributed by atoms with Gasteiger partial charge in [-0.15, -0.1) is 0 Å². The Labute approximate surface area is 97.8 Å². The van der Waals surface area contributed by atoms with Gasteiger partial charge in [-0.05, 0) is 19.8 Å². The van der Waals surface area contributed by atoms with Crippen LogP contribution in [-0.2, 0) is 4.79 Å². The first-order valence-electron chi connectivity index (χ1n) is 5.72. The number of carbonyl (C=O) groups excluding carboxylic acids is 1. The number of amides is 1. The second-order valence-electron chi connectivity index (χ2n) is 3.87. The fraction of sp³-hybridized carbons (Fsp3) is 0.909. The zero-order valence-corrected chi connectivity index (χ0v) is 11.0. The van der Waals surface area contributed by atoms with Crippen molar-refractivity contribution < 1.29 is 4.79 Å². The zero-order chi connectivity index (χ0) is 11.7. The predicted molar refractivity (Wildman–Crippen MR) is 68.1 cm³/mol. The lowest BCUT2D eigenvalue weighted by atomic mass is 10.3. The van der Waals surface area contributed by atoms with E-state index in [1.807, 2.05) is 11.8 Å². The standard InChI is InChI=1S/C11H24N2OS/c1-4-6-13(7-5-2)11(14)9-15-8-10(3)12/h10H,4-9,12H2,1-3H3. The van der Waals surface area contributed by atoms with Gasteiger partial charge in [0.05, 0.1) is 5.75 Å². The van der Waals surface area contributed by atoms with Crippen LogP contribution in [-0.4, -0.2) is 41.4 Å². The van der Waals surface area contributed by atoms with Gasteiger partial charge < -0.3 is 10.6 Å². The molecule has 1 amide bonds. The number of nitrogens with zero attached hydrogens (tertiary/aromatic N) is 1. The van der Waals surface area contributed by atoms with E-state index in [2.05, 4.69) is 13.8 Å². The Bertz CT molecular complexity index is 168. The Morgan fingerprint density at radius 1 is 1.33 bits per heavy atom. The summed E-state index contributed by atoms with van der Waals surface area (Å²) in [5, 5.41) is 0. The van der Waals surface area contributed by atoms with E-state index in [1.165, 1.54) is 0 Å². The lowest BCUT2D eigenvalue weighted by molar-refractivity contribution is -0.128. The zero-order valence-electron chi connectivity index (χ0n) is 10.2. The highest BCUT2D eigenvalue weighted by Crippen LogP contribution is 2.05. The lowest BCUT2D eigenvalue weighted by Crippen LogP contribution is -2.34. The maximum absolute atomic E-state index is 11.8. The summed E-state index contributed by atoms with van der Waals surface area (Å²) in [7, 11) is 0. The molecule has 0 spiro atoms. The molecule has 0 bridgehead atoms. The molecule has 0 aliphatic heterocycles. The summed E-state index contributed by atoms with van der Waals surface area (Å²) < 4.78 is 0. The Balaban J connectivity index is 3.80. The number of hydrogen-bond acceptors (Lipinski definition) is 3. The van der Waals surface area contributed by atoms with Crippen LogP contribution in [0.15, 0.2) is 0 Å². The molecular weight excluding hydrogens is 208 g/mol. The summed E-state index contributed by atoms with van der Waals surface area (Å²) in [6.07, 6.45) is 2.06. The molecule has 0 radical (unpaired) electrons. The van der Waals surface area contributed by atoms with E-state index in [-0.39, 0.29) is 11.9 Å². The summed E-state index contributed by atoms with van der Waals surface area (Å²) in [6.45, 7) is 7.93. The minimum absolute atomic E-state index is 0.175. The number of hydrogen-bond donors (Lipinski definition) is 1. The molecule has 0 aromatic rings. The largest absolute Gasteiger partial charge is 0.342 e. The second kappa shape index (κ2) is 9.04. The summed E-state index contributed by atoms with van der Waals surface area (Å²) in [4.78, 5) is 13.7. The molecule has 90 valence electrons. The quantitative estimate of drug-likeness (QED) is 0.693. The van der Waals surface area contributed by atoms with Crippen LogP contribution >= 0.6 is 11.8 Å². The molecule has 0 saturated heterocycles. The first kappa shape index (κ1) is 14.8. The van der Waals surface area contributed by atoms with Crippen molar-refractivity contribution in [1.82, 2.24) is 4.90 Å². The molecule has 0 rings (SSSR count). The first-order valence-corrected chi connectivity index (χ1v) is 6.88. The number of nitrogens with two attached hydrogens (primary N) is 1. The Hall–Kier alpha value is -0.220. The number of carbonyl (C=O) groups is 1. The minimum atomic E-state index is 0.175. The van der Waals surface area contributed by atoms with E-state index in [0.29, 0.717) is 5.75 Å². The van der Waals surface area contributed by atoms with Gasteiger partial charge in [0.15, 0.2) is 0 Å². The average Bonchev–Trinajstić information content (AvgIpc) is 2.16. The van der Waals surface area contributed by atoms with Crippen molar-refractivity contribution >= 4 is 17.7 Å². The van der Waals surface area contributed by atoms with Crippen LogP contribution in [0.25, 0.3) is 0 Å². The van der Waals surface area contributed by atoms with Gasteiger partial charge in [-0.25, -0.2) is 0 Å². The van der Waals surface area contributed by atoms with E-state index in [4.69, 9.17) is 5.73 Å². The molecule has 1 atom stereocenters. The van der Waals surface area contributed by atoms with E-state index in [0.717, 1.165) is 31.7 Å². The summed E-state index contributed by atoms with van der Waals surface area (Å²) in [5.74, 6) is 1.68. The third kappa shape index (κ3) is 7.68. The molecule has 15 heavy (non-hydrogen) atoms. The second-order valence-corrected chi connectivity index (χ2v) is 4.90. The highest BCUT2D eigenvalue weighted by atomic mass is 32.2. The van der Waals surface area contributed by atoms with Crippen molar-refractivity contribution in [3.8, 4) is 0 Å². The molecule has 1 unspecified atom stereocenters. The summed E-state index contributed by atoms with van der Waals surface area (Å²) in [5.41, 5.74) is 5.63. The van der Waals surface area contributed by atoms with Gasteiger partial charge in [-0.2, -0.15) is 11.8 Å². The molecule has 0 heterocycles. The lowest BCUT2D eigenvalue weighted by Gasteiger charge is -2.21. The molecule has 0 fully saturated rings. The van der Waals surface area contributed by atoms with Crippen molar-refractivity contribution in [1.29, 1.82) is 0 Å². The van der Waals surface area contributed by atoms with Crippen LogP contribution in [0.4, 0.5) is 0 Å². The number of thioether (sulfide) groups is 1. The van der Waals surface area contributed by atoms with Gasteiger partial charge in [-0.3, -0.25) is 4.79 Å². The fourth-order valence-electron chi connectivity index (χ4n) is 1.32. The molecule has 0 aliphatic carbocycles. The molecule has 2 N–H and O–H groups in total. The molecule has 0 aromatic carbocycles. The predicted octanol–water partition coefficient (Wildman–Crippen LogP) is 1.72. The normalized spacial score (nSPS) is 12.5. The van der Waals surface area contributed by atoms with Crippen molar-refractivity contribution in [3.05, 3.63) is 0 Å². The van der Waals surface area contributed by atoms with Gasteiger partial charge in [-0.1, -0.05) is 13.8 Å². The van der Waals surface area contributed by atoms with Crippen LogP contribution < -0.4 is 5.73 Å². The van der Waals surface area contributed by atoms with Crippen LogP contribution in [0.2, 0.25) is 0 Å². The summed E-state index contributed by atoms with van der Waals surface area (Å²) in [6, 6.07) is 0.175. The Morgan fingerprint density at radius 2 is 1.87 bits per heavy atom. The van der Waals surface area contributed by atoms with E-state index in [9.17, 15) is 4.79 Å². The maximum atomic E-state index is 11.8. The molecule has 3 nitrogen and oxygen atoms in total.